The number of halogens is 3. The number of nitrogens with zero attached hydrogens (tertiary/aromatic N) is 1. The molecule has 30 heavy (non-hydrogen) atoms. The van der Waals surface area contributed by atoms with E-state index in [1.54, 1.807) is 29.2 Å². The Bertz CT molecular complexity index is 840. The van der Waals surface area contributed by atoms with Crippen molar-refractivity contribution in [1.82, 2.24) is 9.62 Å². The van der Waals surface area contributed by atoms with Crippen molar-refractivity contribution in [3.8, 4) is 0 Å². The van der Waals surface area contributed by atoms with E-state index in [4.69, 9.17) is 0 Å². The summed E-state index contributed by atoms with van der Waals surface area (Å²) in [5.74, 6) is -2.25. The summed E-state index contributed by atoms with van der Waals surface area (Å²) in [6, 6.07) is 6.56. The molecule has 0 bridgehead atoms. The molecular formula is C21H29F3N2O3S. The van der Waals surface area contributed by atoms with Crippen LogP contribution in [0.15, 0.2) is 29.2 Å². The summed E-state index contributed by atoms with van der Waals surface area (Å²) in [5, 5.41) is 0. The summed E-state index contributed by atoms with van der Waals surface area (Å²) in [6.07, 6.45) is -1.90. The predicted molar refractivity (Wildman–Crippen MR) is 107 cm³/mol. The van der Waals surface area contributed by atoms with Crippen molar-refractivity contribution in [1.29, 1.82) is 0 Å². The number of amides is 1. The van der Waals surface area contributed by atoms with E-state index in [-0.39, 0.29) is 36.1 Å². The van der Waals surface area contributed by atoms with Gasteiger partial charge in [-0.3, -0.25) is 4.79 Å². The molecule has 1 N–H and O–H groups in total. The zero-order valence-corrected chi connectivity index (χ0v) is 17.9. The zero-order valence-electron chi connectivity index (χ0n) is 17.1. The number of carbonyl (C=O) groups excluding carboxylic acids is 1. The molecule has 3 rings (SSSR count). The average Bonchev–Trinajstić information content (AvgIpc) is 2.72. The van der Waals surface area contributed by atoms with Gasteiger partial charge in [-0.1, -0.05) is 24.1 Å². The Morgan fingerprint density at radius 2 is 1.83 bits per heavy atom. The minimum Gasteiger partial charge on any atom is -0.342 e. The van der Waals surface area contributed by atoms with E-state index in [1.165, 1.54) is 0 Å². The Morgan fingerprint density at radius 1 is 1.13 bits per heavy atom. The number of carbonyl (C=O) groups is 1. The van der Waals surface area contributed by atoms with Gasteiger partial charge in [-0.25, -0.2) is 13.1 Å². The fraction of sp³-hybridized carbons (Fsp3) is 0.667. The van der Waals surface area contributed by atoms with Crippen LogP contribution in [0.25, 0.3) is 0 Å². The maximum Gasteiger partial charge on any atom is 0.391 e. The molecule has 2 aliphatic rings. The minimum absolute atomic E-state index is 0.0510. The summed E-state index contributed by atoms with van der Waals surface area (Å²) in [7, 11) is -3.64. The lowest BCUT2D eigenvalue weighted by molar-refractivity contribution is -0.187. The molecule has 5 nitrogen and oxygen atoms in total. The number of sulfonamides is 1. The molecule has 3 unspecified atom stereocenters. The van der Waals surface area contributed by atoms with Gasteiger partial charge in [0.05, 0.1) is 10.8 Å². The Labute approximate surface area is 176 Å². The van der Waals surface area contributed by atoms with E-state index in [0.29, 0.717) is 25.9 Å². The van der Waals surface area contributed by atoms with Gasteiger partial charge in [0.15, 0.2) is 0 Å². The molecule has 2 fully saturated rings. The monoisotopic (exact) mass is 446 g/mol. The standard InChI is InChI=1S/C21H29F3N2O3S/c1-15-7-9-19(10-8-15)30(28,29)25-13-16-4-3-11-26(14-16)20(27)17-5-2-6-18(12-17)21(22,23)24/h7-10,16-18,25H,2-6,11-14H2,1H3. The summed E-state index contributed by atoms with van der Waals surface area (Å²) >= 11 is 0. The van der Waals surface area contributed by atoms with Crippen molar-refractivity contribution in [2.75, 3.05) is 19.6 Å². The highest BCUT2D eigenvalue weighted by atomic mass is 32.2. The highest BCUT2D eigenvalue weighted by Crippen LogP contribution is 2.40. The van der Waals surface area contributed by atoms with Crippen LogP contribution >= 0.6 is 0 Å². The normalized spacial score (nSPS) is 25.9. The lowest BCUT2D eigenvalue weighted by Gasteiger charge is -2.37. The molecule has 1 aliphatic carbocycles. The van der Waals surface area contributed by atoms with Crippen LogP contribution in [0.1, 0.15) is 44.1 Å². The van der Waals surface area contributed by atoms with Crippen LogP contribution in [0.3, 0.4) is 0 Å². The van der Waals surface area contributed by atoms with Gasteiger partial charge in [0.25, 0.3) is 0 Å². The molecule has 1 aromatic rings. The second kappa shape index (κ2) is 9.26. The first-order chi connectivity index (χ1) is 14.1. The van der Waals surface area contributed by atoms with Crippen molar-refractivity contribution in [2.45, 2.75) is 56.5 Å². The third-order valence-corrected chi connectivity index (χ3v) is 7.65. The first-order valence-corrected chi connectivity index (χ1v) is 12.0. The van der Waals surface area contributed by atoms with E-state index >= 15 is 0 Å². The lowest BCUT2D eigenvalue weighted by Crippen LogP contribution is -2.47. The molecule has 9 heteroatoms. The van der Waals surface area contributed by atoms with Gasteiger partial charge in [0.1, 0.15) is 0 Å². The topological polar surface area (TPSA) is 66.5 Å². The maximum absolute atomic E-state index is 13.1. The smallest absolute Gasteiger partial charge is 0.342 e. The van der Waals surface area contributed by atoms with Gasteiger partial charge >= 0.3 is 6.18 Å². The van der Waals surface area contributed by atoms with Crippen molar-refractivity contribution >= 4 is 15.9 Å². The van der Waals surface area contributed by atoms with Crippen molar-refractivity contribution < 1.29 is 26.4 Å². The fourth-order valence-corrected chi connectivity index (χ4v) is 5.55. The quantitative estimate of drug-likeness (QED) is 0.747. The number of alkyl halides is 3. The third-order valence-electron chi connectivity index (χ3n) is 6.21. The maximum atomic E-state index is 13.1. The van der Waals surface area contributed by atoms with Gasteiger partial charge in [-0.2, -0.15) is 13.2 Å². The Balaban J connectivity index is 1.56. The van der Waals surface area contributed by atoms with Crippen LogP contribution in [0.2, 0.25) is 0 Å². The largest absolute Gasteiger partial charge is 0.391 e. The van der Waals surface area contributed by atoms with Crippen LogP contribution in [0, 0.1) is 24.7 Å². The summed E-state index contributed by atoms with van der Waals surface area (Å²) in [6.45, 7) is 2.98. The molecule has 3 atom stereocenters. The molecule has 1 aromatic carbocycles. The second-order valence-corrected chi connectivity index (χ2v) is 10.3. The van der Waals surface area contributed by atoms with Crippen LogP contribution in [0.5, 0.6) is 0 Å². The molecule has 168 valence electrons. The molecule has 1 amide bonds. The third kappa shape index (κ3) is 5.75. The highest BCUT2D eigenvalue weighted by Gasteiger charge is 2.44. The van der Waals surface area contributed by atoms with E-state index in [9.17, 15) is 26.4 Å². The number of hydrogen-bond acceptors (Lipinski definition) is 3. The van der Waals surface area contributed by atoms with Crippen LogP contribution < -0.4 is 4.72 Å². The fourth-order valence-electron chi connectivity index (χ4n) is 4.43. The molecular weight excluding hydrogens is 417 g/mol. The summed E-state index contributed by atoms with van der Waals surface area (Å²) in [5.41, 5.74) is 0.964. The molecule has 1 saturated carbocycles. The minimum atomic E-state index is -4.25. The molecule has 1 saturated heterocycles. The molecule has 0 spiro atoms. The summed E-state index contributed by atoms with van der Waals surface area (Å²) < 4.78 is 66.8. The van der Waals surface area contributed by atoms with E-state index < -0.39 is 28.0 Å². The Morgan fingerprint density at radius 3 is 2.50 bits per heavy atom. The van der Waals surface area contributed by atoms with Gasteiger partial charge in [-0.15, -0.1) is 0 Å². The van der Waals surface area contributed by atoms with Crippen molar-refractivity contribution in [2.24, 2.45) is 17.8 Å². The van der Waals surface area contributed by atoms with E-state index in [1.807, 2.05) is 6.92 Å². The number of piperidine rings is 1. The van der Waals surface area contributed by atoms with Gasteiger partial charge in [-0.05, 0) is 57.1 Å². The van der Waals surface area contributed by atoms with Crippen molar-refractivity contribution in [3.63, 3.8) is 0 Å². The number of hydrogen-bond donors (Lipinski definition) is 1. The molecule has 0 radical (unpaired) electrons. The number of aryl methyl sites for hydroxylation is 1. The number of likely N-dealkylation sites (tertiary alicyclic amines) is 1. The predicted octanol–water partition coefficient (Wildman–Crippen LogP) is 3.88. The molecule has 1 heterocycles. The first-order valence-electron chi connectivity index (χ1n) is 10.5. The van der Waals surface area contributed by atoms with Gasteiger partial charge in [0, 0.05) is 25.6 Å². The zero-order chi connectivity index (χ0) is 21.9. The van der Waals surface area contributed by atoms with Crippen LogP contribution in [-0.2, 0) is 14.8 Å². The number of benzene rings is 1. The first kappa shape index (κ1) is 23.1. The average molecular weight is 447 g/mol. The summed E-state index contributed by atoms with van der Waals surface area (Å²) in [4.78, 5) is 14.7. The highest BCUT2D eigenvalue weighted by molar-refractivity contribution is 7.89. The second-order valence-electron chi connectivity index (χ2n) is 8.56. The van der Waals surface area contributed by atoms with Gasteiger partial charge < -0.3 is 4.90 Å². The van der Waals surface area contributed by atoms with Crippen LogP contribution in [-0.4, -0.2) is 45.0 Å². The molecule has 1 aliphatic heterocycles. The van der Waals surface area contributed by atoms with Gasteiger partial charge in [0.2, 0.25) is 15.9 Å². The Kier molecular flexibility index (Phi) is 7.12. The van der Waals surface area contributed by atoms with Crippen LogP contribution in [0.4, 0.5) is 13.2 Å². The lowest BCUT2D eigenvalue weighted by atomic mass is 9.80. The molecule has 0 aromatic heterocycles. The Hall–Kier alpha value is -1.61. The number of rotatable bonds is 5. The SMILES string of the molecule is Cc1ccc(S(=O)(=O)NCC2CCCN(C(=O)C3CCCC(C(F)(F)F)C3)C2)cc1. The van der Waals surface area contributed by atoms with Crippen molar-refractivity contribution in [3.05, 3.63) is 29.8 Å². The van der Waals surface area contributed by atoms with E-state index in [2.05, 4.69) is 4.72 Å². The number of nitrogens with one attached hydrogen (secondary N) is 1. The van der Waals surface area contributed by atoms with E-state index in [0.717, 1.165) is 18.4 Å².